The number of halogens is 1. The topological polar surface area (TPSA) is 71.6 Å². The number of carbonyl (C=O) groups excluding carboxylic acids is 2. The van der Waals surface area contributed by atoms with E-state index < -0.39 is 5.97 Å². The van der Waals surface area contributed by atoms with Crippen LogP contribution in [0, 0.1) is 11.3 Å². The third kappa shape index (κ3) is 3.85. The van der Waals surface area contributed by atoms with Crippen LogP contribution in [0.2, 0.25) is 5.02 Å². The summed E-state index contributed by atoms with van der Waals surface area (Å²) in [5.41, 5.74) is 1.74. The van der Waals surface area contributed by atoms with Crippen molar-refractivity contribution in [2.24, 2.45) is 0 Å². The van der Waals surface area contributed by atoms with Crippen molar-refractivity contribution in [3.8, 4) is 6.07 Å². The van der Waals surface area contributed by atoms with Gasteiger partial charge < -0.3 is 9.14 Å². The number of Topliss-reactive ketones (excluding diaryl/α,β-unsaturated/α-hetero) is 1. The van der Waals surface area contributed by atoms with Crippen molar-refractivity contribution in [3.05, 3.63) is 70.5 Å². The summed E-state index contributed by atoms with van der Waals surface area (Å²) in [5, 5.41) is 10.2. The number of nitrogens with zero attached hydrogens (tertiary/aromatic N) is 2. The summed E-state index contributed by atoms with van der Waals surface area (Å²) in [6.45, 7) is 1.93. The van der Waals surface area contributed by atoms with Crippen molar-refractivity contribution < 1.29 is 14.3 Å². The molecular weight excluding hydrogens is 384 g/mol. The number of rotatable bonds is 6. The molecule has 0 saturated carbocycles. The molecule has 0 N–H and O–H groups in total. The minimum Gasteiger partial charge on any atom is -0.461 e. The van der Waals surface area contributed by atoms with Crippen LogP contribution >= 0.6 is 23.4 Å². The highest BCUT2D eigenvalue weighted by Crippen LogP contribution is 2.33. The van der Waals surface area contributed by atoms with E-state index in [0.717, 1.165) is 11.8 Å². The van der Waals surface area contributed by atoms with E-state index >= 15 is 0 Å². The third-order valence-corrected chi connectivity index (χ3v) is 5.24. The molecule has 0 atom stereocenters. The highest BCUT2D eigenvalue weighted by molar-refractivity contribution is 8.00. The molecule has 0 saturated heterocycles. The zero-order valence-electron chi connectivity index (χ0n) is 14.4. The maximum absolute atomic E-state index is 12.5. The van der Waals surface area contributed by atoms with Crippen LogP contribution < -0.4 is 0 Å². The lowest BCUT2D eigenvalue weighted by Gasteiger charge is -2.06. The molecule has 136 valence electrons. The van der Waals surface area contributed by atoms with Crippen molar-refractivity contribution in [2.75, 3.05) is 12.4 Å². The zero-order chi connectivity index (χ0) is 19.4. The predicted octanol–water partition coefficient (Wildman–Crippen LogP) is 4.62. The van der Waals surface area contributed by atoms with Crippen LogP contribution in [-0.2, 0) is 4.74 Å². The van der Waals surface area contributed by atoms with Crippen LogP contribution in [0.25, 0.3) is 5.52 Å². The normalized spacial score (nSPS) is 10.6. The smallest absolute Gasteiger partial charge is 0.356 e. The number of aromatic nitrogens is 1. The van der Waals surface area contributed by atoms with Crippen molar-refractivity contribution >= 4 is 40.6 Å². The SMILES string of the molecule is CCOC(=O)c1c(SCC(=O)c2ccc(Cl)cc2)c(C#N)c2ccccn12. The summed E-state index contributed by atoms with van der Waals surface area (Å²) in [6.07, 6.45) is 1.70. The van der Waals surface area contributed by atoms with Crippen LogP contribution in [0.5, 0.6) is 0 Å². The molecule has 0 bridgehead atoms. The fourth-order valence-electron chi connectivity index (χ4n) is 2.68. The number of hydrogen-bond donors (Lipinski definition) is 0. The number of ketones is 1. The first-order valence-corrected chi connectivity index (χ1v) is 9.55. The molecule has 2 heterocycles. The number of fused-ring (bicyclic) bond motifs is 1. The monoisotopic (exact) mass is 398 g/mol. The molecule has 2 aromatic heterocycles. The molecule has 0 aliphatic heterocycles. The Hall–Kier alpha value is -2.75. The first-order chi connectivity index (χ1) is 13.1. The quantitative estimate of drug-likeness (QED) is 0.344. The molecule has 7 heteroatoms. The maximum atomic E-state index is 12.5. The Morgan fingerprint density at radius 2 is 1.96 bits per heavy atom. The minimum absolute atomic E-state index is 0.0829. The fourth-order valence-corrected chi connectivity index (χ4v) is 3.86. The third-order valence-electron chi connectivity index (χ3n) is 3.89. The maximum Gasteiger partial charge on any atom is 0.356 e. The van der Waals surface area contributed by atoms with E-state index in [2.05, 4.69) is 6.07 Å². The van der Waals surface area contributed by atoms with Gasteiger partial charge in [0.15, 0.2) is 5.78 Å². The van der Waals surface area contributed by atoms with Crippen LogP contribution in [-0.4, -0.2) is 28.5 Å². The van der Waals surface area contributed by atoms with Gasteiger partial charge in [0.2, 0.25) is 0 Å². The summed E-state index contributed by atoms with van der Waals surface area (Å²) in [6, 6.07) is 14.1. The lowest BCUT2D eigenvalue weighted by Crippen LogP contribution is -2.10. The molecule has 3 rings (SSSR count). The van der Waals surface area contributed by atoms with Crippen molar-refractivity contribution in [1.29, 1.82) is 5.26 Å². The van der Waals surface area contributed by atoms with E-state index in [4.69, 9.17) is 16.3 Å². The van der Waals surface area contributed by atoms with Crippen LogP contribution in [0.4, 0.5) is 0 Å². The average molecular weight is 399 g/mol. The first-order valence-electron chi connectivity index (χ1n) is 8.18. The molecular formula is C20H15ClN2O3S. The summed E-state index contributed by atoms with van der Waals surface area (Å²) < 4.78 is 6.79. The standard InChI is InChI=1S/C20H15ClN2O3S/c1-2-26-20(25)18-19(15(11-22)16-5-3-4-10-23(16)18)27-12-17(24)13-6-8-14(21)9-7-13/h3-10H,2,12H2,1H3. The van der Waals surface area contributed by atoms with Gasteiger partial charge in [-0.25, -0.2) is 4.79 Å². The Balaban J connectivity index is 1.98. The van der Waals surface area contributed by atoms with Gasteiger partial charge in [-0.3, -0.25) is 4.79 Å². The number of esters is 1. The summed E-state index contributed by atoms with van der Waals surface area (Å²) in [4.78, 5) is 25.4. The van der Waals surface area contributed by atoms with Gasteiger partial charge in [-0.2, -0.15) is 5.26 Å². The van der Waals surface area contributed by atoms with E-state index in [0.29, 0.717) is 26.6 Å². The largest absolute Gasteiger partial charge is 0.461 e. The molecule has 27 heavy (non-hydrogen) atoms. The Kier molecular flexibility index (Phi) is 5.84. The number of carbonyl (C=O) groups is 2. The molecule has 0 unspecified atom stereocenters. The lowest BCUT2D eigenvalue weighted by molar-refractivity contribution is 0.0514. The van der Waals surface area contributed by atoms with Crippen LogP contribution in [0.3, 0.4) is 0 Å². The highest BCUT2D eigenvalue weighted by Gasteiger charge is 2.25. The number of nitriles is 1. The van der Waals surface area contributed by atoms with E-state index in [9.17, 15) is 14.9 Å². The Bertz CT molecular complexity index is 1050. The Morgan fingerprint density at radius 1 is 1.22 bits per heavy atom. The molecule has 1 aromatic carbocycles. The zero-order valence-corrected chi connectivity index (χ0v) is 16.0. The van der Waals surface area contributed by atoms with Gasteiger partial charge in [0, 0.05) is 16.8 Å². The lowest BCUT2D eigenvalue weighted by atomic mass is 10.1. The van der Waals surface area contributed by atoms with Gasteiger partial charge in [-0.15, -0.1) is 11.8 Å². The minimum atomic E-state index is -0.526. The van der Waals surface area contributed by atoms with Gasteiger partial charge >= 0.3 is 5.97 Å². The van der Waals surface area contributed by atoms with E-state index in [1.54, 1.807) is 60.0 Å². The molecule has 0 spiro atoms. The van der Waals surface area contributed by atoms with Crippen molar-refractivity contribution in [2.45, 2.75) is 11.8 Å². The van der Waals surface area contributed by atoms with Crippen molar-refractivity contribution in [1.82, 2.24) is 4.40 Å². The van der Waals surface area contributed by atoms with Crippen LogP contribution in [0.15, 0.2) is 53.6 Å². The molecule has 0 aliphatic carbocycles. The number of thioether (sulfide) groups is 1. The van der Waals surface area contributed by atoms with Crippen LogP contribution in [0.1, 0.15) is 33.3 Å². The molecule has 3 aromatic rings. The molecule has 5 nitrogen and oxygen atoms in total. The molecule has 0 aliphatic rings. The van der Waals surface area contributed by atoms with Gasteiger partial charge in [-0.05, 0) is 43.3 Å². The van der Waals surface area contributed by atoms with Crippen molar-refractivity contribution in [3.63, 3.8) is 0 Å². The fraction of sp³-hybridized carbons (Fsp3) is 0.150. The number of ether oxygens (including phenoxy) is 1. The Labute approximate surface area is 165 Å². The number of pyridine rings is 1. The van der Waals surface area contributed by atoms with E-state index in [1.807, 2.05) is 0 Å². The van der Waals surface area contributed by atoms with Gasteiger partial charge in [0.05, 0.1) is 28.3 Å². The molecule has 0 radical (unpaired) electrons. The highest BCUT2D eigenvalue weighted by atomic mass is 35.5. The second-order valence-corrected chi connectivity index (χ2v) is 6.98. The van der Waals surface area contributed by atoms with Gasteiger partial charge in [0.1, 0.15) is 11.8 Å². The molecule has 0 fully saturated rings. The van der Waals surface area contributed by atoms with E-state index in [1.165, 1.54) is 0 Å². The Morgan fingerprint density at radius 3 is 2.63 bits per heavy atom. The average Bonchev–Trinajstić information content (AvgIpc) is 3.00. The second kappa shape index (κ2) is 8.30. The predicted molar refractivity (Wildman–Crippen MR) is 105 cm³/mol. The summed E-state index contributed by atoms with van der Waals surface area (Å²) in [7, 11) is 0. The molecule has 0 amide bonds. The number of hydrogen-bond acceptors (Lipinski definition) is 5. The number of benzene rings is 1. The first kappa shape index (κ1) is 19.0. The van der Waals surface area contributed by atoms with Gasteiger partial charge in [0.25, 0.3) is 0 Å². The van der Waals surface area contributed by atoms with Gasteiger partial charge in [-0.1, -0.05) is 17.7 Å². The summed E-state index contributed by atoms with van der Waals surface area (Å²) >= 11 is 7.01. The van der Waals surface area contributed by atoms with E-state index in [-0.39, 0.29) is 23.8 Å². The summed E-state index contributed by atoms with van der Waals surface area (Å²) in [5.74, 6) is -0.563. The second-order valence-electron chi connectivity index (χ2n) is 5.56.